The summed E-state index contributed by atoms with van der Waals surface area (Å²) in [5.74, 6) is 0.932. The van der Waals surface area contributed by atoms with E-state index in [9.17, 15) is 10.4 Å². The van der Waals surface area contributed by atoms with Gasteiger partial charge in [0.1, 0.15) is 16.8 Å². The minimum atomic E-state index is 0.226. The summed E-state index contributed by atoms with van der Waals surface area (Å²) in [7, 11) is 0. The maximum atomic E-state index is 9.41. The summed E-state index contributed by atoms with van der Waals surface area (Å²) >= 11 is 1.64. The number of rotatable bonds is 2. The Hall–Kier alpha value is -2.12. The maximum Gasteiger partial charge on any atom is 0.134 e. The summed E-state index contributed by atoms with van der Waals surface area (Å²) in [5, 5.41) is 19.5. The lowest BCUT2D eigenvalue weighted by Gasteiger charge is -2.15. The van der Waals surface area contributed by atoms with Crippen molar-refractivity contribution in [2.75, 3.05) is 0 Å². The van der Waals surface area contributed by atoms with E-state index in [1.807, 2.05) is 6.08 Å². The van der Waals surface area contributed by atoms with Crippen molar-refractivity contribution in [2.45, 2.75) is 26.2 Å². The van der Waals surface area contributed by atoms with Gasteiger partial charge in [0, 0.05) is 4.88 Å². The minimum absolute atomic E-state index is 0.226. The Morgan fingerprint density at radius 3 is 2.90 bits per heavy atom. The molecule has 3 rings (SSSR count). The van der Waals surface area contributed by atoms with Crippen molar-refractivity contribution in [3.63, 3.8) is 0 Å². The highest BCUT2D eigenvalue weighted by Crippen LogP contribution is 2.33. The normalized spacial score (nSPS) is 18.1. The predicted molar refractivity (Wildman–Crippen MR) is 84.9 cm³/mol. The van der Waals surface area contributed by atoms with Gasteiger partial charge in [0.2, 0.25) is 0 Å². The van der Waals surface area contributed by atoms with Gasteiger partial charge < -0.3 is 5.11 Å². The number of hydrogen-bond donors (Lipinski definition) is 1. The topological polar surface area (TPSA) is 56.9 Å². The molecule has 1 aliphatic carbocycles. The van der Waals surface area contributed by atoms with Gasteiger partial charge in [-0.1, -0.05) is 19.1 Å². The van der Waals surface area contributed by atoms with Gasteiger partial charge in [0.25, 0.3) is 0 Å². The molecule has 21 heavy (non-hydrogen) atoms. The fourth-order valence-corrected chi connectivity index (χ4v) is 3.77. The Balaban J connectivity index is 1.94. The van der Waals surface area contributed by atoms with Crippen LogP contribution in [0.4, 0.5) is 0 Å². The van der Waals surface area contributed by atoms with Crippen LogP contribution in [0.1, 0.15) is 34.5 Å². The smallest absolute Gasteiger partial charge is 0.134 e. The lowest BCUT2D eigenvalue weighted by atomic mass is 9.93. The zero-order valence-electron chi connectivity index (χ0n) is 11.8. The van der Waals surface area contributed by atoms with E-state index in [0.29, 0.717) is 11.5 Å². The molecule has 1 aromatic carbocycles. The number of thiazole rings is 1. The van der Waals surface area contributed by atoms with Gasteiger partial charge in [-0.05, 0) is 49.0 Å². The molecule has 0 unspecified atom stereocenters. The second-order valence-corrected chi connectivity index (χ2v) is 6.58. The Labute approximate surface area is 128 Å². The first-order valence-corrected chi connectivity index (χ1v) is 7.87. The van der Waals surface area contributed by atoms with Crippen molar-refractivity contribution in [1.29, 1.82) is 5.26 Å². The molecule has 0 spiro atoms. The number of allylic oxidation sites excluding steroid dienone is 1. The molecule has 4 heteroatoms. The summed E-state index contributed by atoms with van der Waals surface area (Å²) < 4.78 is 0. The molecule has 2 aromatic rings. The van der Waals surface area contributed by atoms with Crippen LogP contribution in [0, 0.1) is 17.2 Å². The molecule has 3 nitrogen and oxygen atoms in total. The van der Waals surface area contributed by atoms with E-state index in [2.05, 4.69) is 18.0 Å². The van der Waals surface area contributed by atoms with Crippen molar-refractivity contribution in [2.24, 2.45) is 5.92 Å². The van der Waals surface area contributed by atoms with Gasteiger partial charge in [-0.3, -0.25) is 0 Å². The van der Waals surface area contributed by atoms with Gasteiger partial charge in [-0.25, -0.2) is 4.98 Å². The van der Waals surface area contributed by atoms with Crippen LogP contribution in [0.25, 0.3) is 11.6 Å². The molecular formula is C17H16N2OS. The van der Waals surface area contributed by atoms with Gasteiger partial charge in [0.15, 0.2) is 0 Å². The van der Waals surface area contributed by atoms with Crippen molar-refractivity contribution in [3.05, 3.63) is 45.4 Å². The zero-order valence-corrected chi connectivity index (χ0v) is 12.7. The van der Waals surface area contributed by atoms with Crippen LogP contribution in [0.5, 0.6) is 5.75 Å². The van der Waals surface area contributed by atoms with Crippen LogP contribution >= 0.6 is 11.3 Å². The van der Waals surface area contributed by atoms with Crippen molar-refractivity contribution < 1.29 is 5.11 Å². The number of nitrogens with zero attached hydrogens (tertiary/aromatic N) is 2. The van der Waals surface area contributed by atoms with E-state index in [1.54, 1.807) is 35.6 Å². The third kappa shape index (κ3) is 2.98. The fourth-order valence-electron chi connectivity index (χ4n) is 2.53. The van der Waals surface area contributed by atoms with Crippen molar-refractivity contribution in [1.82, 2.24) is 4.98 Å². The van der Waals surface area contributed by atoms with Gasteiger partial charge in [-0.2, -0.15) is 5.26 Å². The molecule has 1 aromatic heterocycles. The molecule has 0 bridgehead atoms. The van der Waals surface area contributed by atoms with E-state index in [-0.39, 0.29) is 5.75 Å². The number of aromatic nitrogens is 1. The molecule has 0 aliphatic heterocycles. The van der Waals surface area contributed by atoms with Crippen LogP contribution in [0.3, 0.4) is 0 Å². The van der Waals surface area contributed by atoms with E-state index < -0.39 is 0 Å². The van der Waals surface area contributed by atoms with Crippen LogP contribution < -0.4 is 0 Å². The molecule has 1 N–H and O–H groups in total. The first-order valence-electron chi connectivity index (χ1n) is 7.05. The highest BCUT2D eigenvalue weighted by atomic mass is 32.1. The van der Waals surface area contributed by atoms with Crippen molar-refractivity contribution >= 4 is 23.0 Å². The SMILES string of the molecule is C[C@@H]1CCc2nc(/C(C#N)=C/c3ccc(O)cc3)sc2C1. The number of fused-ring (bicyclic) bond motifs is 1. The summed E-state index contributed by atoms with van der Waals surface area (Å²) in [5.41, 5.74) is 2.65. The molecule has 1 heterocycles. The number of benzene rings is 1. The van der Waals surface area contributed by atoms with Crippen LogP contribution in [-0.4, -0.2) is 10.1 Å². The van der Waals surface area contributed by atoms with E-state index in [1.165, 1.54) is 17.0 Å². The molecule has 0 saturated carbocycles. The molecule has 106 valence electrons. The highest BCUT2D eigenvalue weighted by molar-refractivity contribution is 7.13. The van der Waals surface area contributed by atoms with Crippen molar-refractivity contribution in [3.8, 4) is 11.8 Å². The molecule has 0 fully saturated rings. The molecule has 1 aliphatic rings. The molecule has 0 radical (unpaired) electrons. The summed E-state index contributed by atoms with van der Waals surface area (Å²) in [6.45, 7) is 2.26. The van der Waals surface area contributed by atoms with Gasteiger partial charge in [0.05, 0.1) is 11.3 Å². The second-order valence-electron chi connectivity index (χ2n) is 5.50. The van der Waals surface area contributed by atoms with E-state index in [4.69, 9.17) is 0 Å². The quantitative estimate of drug-likeness (QED) is 0.851. The maximum absolute atomic E-state index is 9.41. The summed E-state index contributed by atoms with van der Waals surface area (Å²) in [4.78, 5) is 5.98. The lowest BCUT2D eigenvalue weighted by Crippen LogP contribution is -2.09. The third-order valence-electron chi connectivity index (χ3n) is 3.74. The Kier molecular flexibility index (Phi) is 3.76. The predicted octanol–water partition coefficient (Wildman–Crippen LogP) is 4.04. The number of phenolic OH excluding ortho intramolecular Hbond substituents is 1. The molecule has 0 amide bonds. The number of phenols is 1. The Morgan fingerprint density at radius 1 is 1.43 bits per heavy atom. The van der Waals surface area contributed by atoms with Crippen LogP contribution in [-0.2, 0) is 12.8 Å². The number of nitriles is 1. The molecular weight excluding hydrogens is 280 g/mol. The monoisotopic (exact) mass is 296 g/mol. The van der Waals surface area contributed by atoms with Crippen LogP contribution in [0.15, 0.2) is 24.3 Å². The average molecular weight is 296 g/mol. The largest absolute Gasteiger partial charge is 0.508 e. The zero-order chi connectivity index (χ0) is 14.8. The summed E-state index contributed by atoms with van der Waals surface area (Å²) in [6, 6.07) is 9.08. The number of aryl methyl sites for hydroxylation is 1. The van der Waals surface area contributed by atoms with E-state index in [0.717, 1.165) is 23.4 Å². The summed E-state index contributed by atoms with van der Waals surface area (Å²) in [6.07, 6.45) is 5.10. The van der Waals surface area contributed by atoms with Crippen LogP contribution in [0.2, 0.25) is 0 Å². The lowest BCUT2D eigenvalue weighted by molar-refractivity contribution is 0.475. The molecule has 1 atom stereocenters. The fraction of sp³-hybridized carbons (Fsp3) is 0.294. The highest BCUT2D eigenvalue weighted by Gasteiger charge is 2.20. The Morgan fingerprint density at radius 2 is 2.19 bits per heavy atom. The first-order chi connectivity index (χ1) is 10.2. The minimum Gasteiger partial charge on any atom is -0.508 e. The number of aromatic hydroxyl groups is 1. The standard InChI is InChI=1S/C17H16N2OS/c1-11-2-7-15-16(8-11)21-17(19-15)13(10-18)9-12-3-5-14(20)6-4-12/h3-6,9,11,20H,2,7-8H2,1H3/b13-9+/t11-/m1/s1. The average Bonchev–Trinajstić information content (AvgIpc) is 2.89. The van der Waals surface area contributed by atoms with Gasteiger partial charge >= 0.3 is 0 Å². The third-order valence-corrected chi connectivity index (χ3v) is 4.89. The second kappa shape index (κ2) is 5.71. The number of hydrogen-bond acceptors (Lipinski definition) is 4. The van der Waals surface area contributed by atoms with E-state index >= 15 is 0 Å². The Bertz CT molecular complexity index is 722. The molecule has 0 saturated heterocycles. The first kappa shape index (κ1) is 13.8. The van der Waals surface area contributed by atoms with Gasteiger partial charge in [-0.15, -0.1) is 11.3 Å².